The summed E-state index contributed by atoms with van der Waals surface area (Å²) in [6.07, 6.45) is 0. The van der Waals surface area contributed by atoms with Crippen LogP contribution in [0.1, 0.15) is 12.5 Å². The quantitative estimate of drug-likeness (QED) is 0.498. The third kappa shape index (κ3) is 7.04. The van der Waals surface area contributed by atoms with Crippen molar-refractivity contribution in [2.75, 3.05) is 25.0 Å². The highest BCUT2D eigenvalue weighted by molar-refractivity contribution is 5.91. The maximum absolute atomic E-state index is 13.0. The van der Waals surface area contributed by atoms with E-state index in [-0.39, 0.29) is 30.7 Å². The number of nitrogens with one attached hydrogen (secondary N) is 3. The van der Waals surface area contributed by atoms with Crippen molar-refractivity contribution in [3.63, 3.8) is 0 Å². The number of hydrogen-bond acceptors (Lipinski definition) is 2. The molecule has 3 aromatic carbocycles. The van der Waals surface area contributed by atoms with Gasteiger partial charge < -0.3 is 15.5 Å². The molecule has 31 heavy (non-hydrogen) atoms. The van der Waals surface area contributed by atoms with Crippen LogP contribution in [0.5, 0.6) is 0 Å². The molecule has 2 amide bonds. The zero-order chi connectivity index (χ0) is 22.1. The molecule has 1 atom stereocenters. The van der Waals surface area contributed by atoms with E-state index < -0.39 is 0 Å². The Balaban J connectivity index is 1.46. The molecule has 0 fully saturated rings. The first-order valence-electron chi connectivity index (χ1n) is 10.3. The van der Waals surface area contributed by atoms with Gasteiger partial charge >= 0.3 is 0 Å². The normalized spacial score (nSPS) is 11.5. The van der Waals surface area contributed by atoms with Crippen molar-refractivity contribution < 1.29 is 18.9 Å². The first kappa shape index (κ1) is 22.2. The van der Waals surface area contributed by atoms with E-state index in [0.29, 0.717) is 13.1 Å². The highest BCUT2D eigenvalue weighted by Gasteiger charge is 2.16. The topological polar surface area (TPSA) is 62.6 Å². The second-order valence-electron chi connectivity index (χ2n) is 7.35. The average Bonchev–Trinajstić information content (AvgIpc) is 2.79. The molecule has 0 spiro atoms. The molecule has 3 aromatic rings. The first-order chi connectivity index (χ1) is 15.0. The van der Waals surface area contributed by atoms with E-state index in [4.69, 9.17) is 0 Å². The van der Waals surface area contributed by atoms with Crippen LogP contribution in [0.2, 0.25) is 0 Å². The van der Waals surface area contributed by atoms with Crippen molar-refractivity contribution >= 4 is 17.5 Å². The van der Waals surface area contributed by atoms with E-state index in [0.717, 1.165) is 27.3 Å². The van der Waals surface area contributed by atoms with Gasteiger partial charge in [-0.2, -0.15) is 0 Å². The van der Waals surface area contributed by atoms with E-state index in [9.17, 15) is 14.0 Å². The average molecular weight is 421 g/mol. The van der Waals surface area contributed by atoms with E-state index in [2.05, 4.69) is 10.6 Å². The lowest BCUT2D eigenvalue weighted by atomic mass is 10.1. The molecule has 0 aromatic heterocycles. The highest BCUT2D eigenvalue weighted by Crippen LogP contribution is 2.20. The monoisotopic (exact) mass is 420 g/mol. The molecule has 1 unspecified atom stereocenters. The largest absolute Gasteiger partial charge is 0.347 e. The van der Waals surface area contributed by atoms with Crippen LogP contribution in [-0.2, 0) is 16.1 Å². The lowest BCUT2D eigenvalue weighted by molar-refractivity contribution is -0.881. The Bertz CT molecular complexity index is 990. The predicted molar refractivity (Wildman–Crippen MR) is 120 cm³/mol. The molecule has 0 bridgehead atoms. The zero-order valence-electron chi connectivity index (χ0n) is 17.5. The minimum atomic E-state index is -0.308. The molecule has 160 valence electrons. The van der Waals surface area contributed by atoms with Gasteiger partial charge in [-0.15, -0.1) is 0 Å². The van der Waals surface area contributed by atoms with E-state index in [1.165, 1.54) is 12.1 Å². The van der Waals surface area contributed by atoms with Gasteiger partial charge in [0, 0.05) is 12.2 Å². The van der Waals surface area contributed by atoms with Crippen LogP contribution in [-0.4, -0.2) is 31.4 Å². The summed E-state index contributed by atoms with van der Waals surface area (Å²) in [5, 5.41) is 5.71. The Hall–Kier alpha value is -3.51. The van der Waals surface area contributed by atoms with Crippen molar-refractivity contribution in [2.24, 2.45) is 0 Å². The number of hydrogen-bond donors (Lipinski definition) is 3. The van der Waals surface area contributed by atoms with Crippen molar-refractivity contribution in [1.29, 1.82) is 0 Å². The van der Waals surface area contributed by atoms with Gasteiger partial charge in [0.15, 0.2) is 13.1 Å². The Morgan fingerprint density at radius 2 is 1.42 bits per heavy atom. The smallest absolute Gasteiger partial charge is 0.279 e. The van der Waals surface area contributed by atoms with Crippen LogP contribution in [0, 0.1) is 5.82 Å². The maximum atomic E-state index is 13.0. The second kappa shape index (κ2) is 11.0. The fraction of sp³-hybridized carbons (Fsp3) is 0.200. The van der Waals surface area contributed by atoms with Crippen molar-refractivity contribution in [3.05, 3.63) is 90.2 Å². The van der Waals surface area contributed by atoms with Crippen molar-refractivity contribution in [1.82, 2.24) is 5.32 Å². The number of quaternary nitrogens is 1. The maximum Gasteiger partial charge on any atom is 0.279 e. The molecular weight excluding hydrogens is 393 g/mol. The van der Waals surface area contributed by atoms with Gasteiger partial charge in [0.2, 0.25) is 0 Å². The molecule has 0 saturated heterocycles. The first-order valence-corrected chi connectivity index (χ1v) is 10.3. The third-order valence-corrected chi connectivity index (χ3v) is 5.00. The number of anilines is 1. The SMILES string of the molecule is CC[NH+](CC(=O)NCc1ccc(F)cc1)CC(=O)Nc1ccc(-c2ccccc2)cc1. The molecule has 3 N–H and O–H groups in total. The van der Waals surface area contributed by atoms with E-state index in [1.807, 2.05) is 61.5 Å². The van der Waals surface area contributed by atoms with Crippen LogP contribution in [0.3, 0.4) is 0 Å². The minimum absolute atomic E-state index is 0.143. The summed E-state index contributed by atoms with van der Waals surface area (Å²) in [5.41, 5.74) is 3.75. The summed E-state index contributed by atoms with van der Waals surface area (Å²) in [4.78, 5) is 25.5. The summed E-state index contributed by atoms with van der Waals surface area (Å²) in [5.74, 6) is -0.603. The fourth-order valence-corrected chi connectivity index (χ4v) is 3.21. The Labute approximate surface area is 181 Å². The summed E-state index contributed by atoms with van der Waals surface area (Å²) >= 11 is 0. The Kier molecular flexibility index (Phi) is 7.90. The summed E-state index contributed by atoms with van der Waals surface area (Å²) < 4.78 is 13.0. The standard InChI is InChI=1S/C25H26FN3O2/c1-2-29(17-24(30)27-16-19-8-12-22(26)13-9-19)18-25(31)28-23-14-10-21(11-15-23)20-6-4-3-5-7-20/h3-15H,2,16-18H2,1H3,(H,27,30)(H,28,31)/p+1. The van der Waals surface area contributed by atoms with Gasteiger partial charge in [-0.1, -0.05) is 54.6 Å². The number of halogens is 1. The number of benzene rings is 3. The summed E-state index contributed by atoms with van der Waals surface area (Å²) in [6, 6.07) is 23.7. The Morgan fingerprint density at radius 3 is 2.06 bits per heavy atom. The molecule has 0 aliphatic carbocycles. The van der Waals surface area contributed by atoms with Gasteiger partial charge in [-0.3, -0.25) is 9.59 Å². The number of carbonyl (C=O) groups excluding carboxylic acids is 2. The van der Waals surface area contributed by atoms with Crippen LogP contribution >= 0.6 is 0 Å². The number of likely N-dealkylation sites (N-methyl/N-ethyl adjacent to an activating group) is 1. The van der Waals surface area contributed by atoms with Crippen molar-refractivity contribution in [3.8, 4) is 11.1 Å². The molecule has 0 saturated carbocycles. The lowest BCUT2D eigenvalue weighted by Gasteiger charge is -2.17. The number of amides is 2. The molecule has 3 rings (SSSR count). The van der Waals surface area contributed by atoms with Gasteiger partial charge in [-0.25, -0.2) is 4.39 Å². The molecule has 5 nitrogen and oxygen atoms in total. The van der Waals surface area contributed by atoms with E-state index in [1.54, 1.807) is 12.1 Å². The molecule has 0 heterocycles. The van der Waals surface area contributed by atoms with Crippen LogP contribution in [0.25, 0.3) is 11.1 Å². The van der Waals surface area contributed by atoms with Crippen LogP contribution in [0.4, 0.5) is 10.1 Å². The molecule has 0 aliphatic rings. The van der Waals surface area contributed by atoms with Crippen LogP contribution in [0.15, 0.2) is 78.9 Å². The van der Waals surface area contributed by atoms with Gasteiger partial charge in [0.25, 0.3) is 11.8 Å². The molecule has 0 radical (unpaired) electrons. The third-order valence-electron chi connectivity index (χ3n) is 5.00. The van der Waals surface area contributed by atoms with Crippen molar-refractivity contribution in [2.45, 2.75) is 13.5 Å². The lowest BCUT2D eigenvalue weighted by Crippen LogP contribution is -3.13. The summed E-state index contributed by atoms with van der Waals surface area (Å²) in [6.45, 7) is 3.30. The second-order valence-corrected chi connectivity index (χ2v) is 7.35. The van der Waals surface area contributed by atoms with Gasteiger partial charge in [0.05, 0.1) is 6.54 Å². The summed E-state index contributed by atoms with van der Waals surface area (Å²) in [7, 11) is 0. The number of rotatable bonds is 9. The highest BCUT2D eigenvalue weighted by atomic mass is 19.1. The Morgan fingerprint density at radius 1 is 0.806 bits per heavy atom. The minimum Gasteiger partial charge on any atom is -0.347 e. The number of carbonyl (C=O) groups is 2. The molecular formula is C25H27FN3O2+. The van der Waals surface area contributed by atoms with Crippen LogP contribution < -0.4 is 15.5 Å². The zero-order valence-corrected chi connectivity index (χ0v) is 17.5. The van der Waals surface area contributed by atoms with Gasteiger partial charge in [0.1, 0.15) is 5.82 Å². The predicted octanol–water partition coefficient (Wildman–Crippen LogP) is 2.65. The molecule has 0 aliphatic heterocycles. The fourth-order valence-electron chi connectivity index (χ4n) is 3.21. The van der Waals surface area contributed by atoms with Gasteiger partial charge in [-0.05, 0) is 47.9 Å². The molecule has 6 heteroatoms. The van der Waals surface area contributed by atoms with E-state index >= 15 is 0 Å².